The number of rotatable bonds is 3. The van der Waals surface area contributed by atoms with E-state index in [9.17, 15) is 4.79 Å². The van der Waals surface area contributed by atoms with Crippen LogP contribution in [0.3, 0.4) is 0 Å². The zero-order chi connectivity index (χ0) is 14.5. The van der Waals surface area contributed by atoms with Crippen LogP contribution in [0.2, 0.25) is 0 Å². The SMILES string of the molecule is CC1CN(C(=O)Nc2cccc(CN)c2)CC(CO)O1. The maximum Gasteiger partial charge on any atom is 0.322 e. The summed E-state index contributed by atoms with van der Waals surface area (Å²) in [5, 5.41) is 12.0. The summed E-state index contributed by atoms with van der Waals surface area (Å²) in [4.78, 5) is 13.9. The second kappa shape index (κ2) is 6.69. The highest BCUT2D eigenvalue weighted by atomic mass is 16.5. The molecule has 0 radical (unpaired) electrons. The van der Waals surface area contributed by atoms with Gasteiger partial charge in [-0.3, -0.25) is 0 Å². The van der Waals surface area contributed by atoms with Crippen molar-refractivity contribution in [2.75, 3.05) is 25.0 Å². The van der Waals surface area contributed by atoms with Gasteiger partial charge in [-0.2, -0.15) is 0 Å². The highest BCUT2D eigenvalue weighted by Gasteiger charge is 2.27. The second-order valence-electron chi connectivity index (χ2n) is 4.99. The average molecular weight is 279 g/mol. The van der Waals surface area contributed by atoms with E-state index in [-0.39, 0.29) is 24.8 Å². The maximum atomic E-state index is 12.2. The molecule has 0 bridgehead atoms. The molecule has 1 fully saturated rings. The highest BCUT2D eigenvalue weighted by molar-refractivity contribution is 5.89. The topological polar surface area (TPSA) is 87.8 Å². The molecule has 1 aliphatic rings. The first kappa shape index (κ1) is 14.8. The Kier molecular flexibility index (Phi) is 4.94. The van der Waals surface area contributed by atoms with Crippen molar-refractivity contribution in [3.63, 3.8) is 0 Å². The molecule has 20 heavy (non-hydrogen) atoms. The molecule has 1 saturated heterocycles. The number of anilines is 1. The number of aliphatic hydroxyl groups is 1. The second-order valence-corrected chi connectivity index (χ2v) is 4.99. The lowest BCUT2D eigenvalue weighted by atomic mass is 10.2. The number of urea groups is 1. The first-order valence-electron chi connectivity index (χ1n) is 6.73. The van der Waals surface area contributed by atoms with Gasteiger partial charge in [0.2, 0.25) is 0 Å². The fourth-order valence-corrected chi connectivity index (χ4v) is 2.29. The number of carbonyl (C=O) groups excluding carboxylic acids is 1. The Morgan fingerprint density at radius 2 is 2.35 bits per heavy atom. The summed E-state index contributed by atoms with van der Waals surface area (Å²) in [6.07, 6.45) is -0.401. The lowest BCUT2D eigenvalue weighted by Gasteiger charge is -2.36. The van der Waals surface area contributed by atoms with Crippen molar-refractivity contribution >= 4 is 11.7 Å². The number of morpholine rings is 1. The van der Waals surface area contributed by atoms with E-state index in [2.05, 4.69) is 5.32 Å². The molecule has 2 unspecified atom stereocenters. The molecule has 2 amide bonds. The van der Waals surface area contributed by atoms with Gasteiger partial charge in [-0.1, -0.05) is 12.1 Å². The minimum atomic E-state index is -0.320. The molecular formula is C14H21N3O3. The Labute approximate surface area is 118 Å². The molecule has 110 valence electrons. The molecule has 2 rings (SSSR count). The Hall–Kier alpha value is -1.63. The van der Waals surface area contributed by atoms with E-state index in [1.165, 1.54) is 0 Å². The van der Waals surface area contributed by atoms with Crippen LogP contribution in [-0.4, -0.2) is 47.9 Å². The molecule has 6 nitrogen and oxygen atoms in total. The summed E-state index contributed by atoms with van der Waals surface area (Å²) in [5.41, 5.74) is 7.26. The molecular weight excluding hydrogens is 258 g/mol. The van der Waals surface area contributed by atoms with Crippen molar-refractivity contribution in [3.8, 4) is 0 Å². The van der Waals surface area contributed by atoms with Gasteiger partial charge < -0.3 is 25.8 Å². The standard InChI is InChI=1S/C14H21N3O3/c1-10-7-17(8-13(9-18)20-10)14(19)16-12-4-2-3-11(5-12)6-15/h2-5,10,13,18H,6-9,15H2,1H3,(H,16,19). The van der Waals surface area contributed by atoms with Crippen LogP contribution in [0.4, 0.5) is 10.5 Å². The summed E-state index contributed by atoms with van der Waals surface area (Å²) in [5.74, 6) is 0. The molecule has 1 aromatic rings. The van der Waals surface area contributed by atoms with Crippen molar-refractivity contribution in [3.05, 3.63) is 29.8 Å². The van der Waals surface area contributed by atoms with E-state index in [0.717, 1.165) is 11.3 Å². The lowest BCUT2D eigenvalue weighted by molar-refractivity contribution is -0.0822. The molecule has 1 aromatic carbocycles. The van der Waals surface area contributed by atoms with Crippen LogP contribution in [-0.2, 0) is 11.3 Å². The smallest absolute Gasteiger partial charge is 0.322 e. The number of nitrogens with two attached hydrogens (primary N) is 1. The zero-order valence-corrected chi connectivity index (χ0v) is 11.6. The summed E-state index contributed by atoms with van der Waals surface area (Å²) in [6.45, 7) is 3.14. The van der Waals surface area contributed by atoms with Gasteiger partial charge in [0.25, 0.3) is 0 Å². The third kappa shape index (κ3) is 3.69. The number of hydrogen-bond donors (Lipinski definition) is 3. The van der Waals surface area contributed by atoms with Gasteiger partial charge >= 0.3 is 6.03 Å². The van der Waals surface area contributed by atoms with E-state index in [4.69, 9.17) is 15.6 Å². The lowest BCUT2D eigenvalue weighted by Crippen LogP contribution is -2.51. The summed E-state index contributed by atoms with van der Waals surface area (Å²) < 4.78 is 5.51. The molecule has 0 saturated carbocycles. The number of benzene rings is 1. The number of carbonyl (C=O) groups is 1. The molecule has 4 N–H and O–H groups in total. The molecule has 1 heterocycles. The zero-order valence-electron chi connectivity index (χ0n) is 11.6. The number of aliphatic hydroxyl groups excluding tert-OH is 1. The minimum Gasteiger partial charge on any atom is -0.394 e. The number of nitrogens with zero attached hydrogens (tertiary/aromatic N) is 1. The first-order chi connectivity index (χ1) is 9.62. The molecule has 0 spiro atoms. The predicted molar refractivity (Wildman–Crippen MR) is 76.3 cm³/mol. The maximum absolute atomic E-state index is 12.2. The molecule has 2 atom stereocenters. The largest absolute Gasteiger partial charge is 0.394 e. The van der Waals surface area contributed by atoms with Gasteiger partial charge in [-0.05, 0) is 24.6 Å². The van der Waals surface area contributed by atoms with E-state index in [1.54, 1.807) is 4.90 Å². The number of ether oxygens (including phenoxy) is 1. The van der Waals surface area contributed by atoms with E-state index < -0.39 is 0 Å². The van der Waals surface area contributed by atoms with Crippen molar-refractivity contribution in [2.24, 2.45) is 5.73 Å². The van der Waals surface area contributed by atoms with Crippen LogP contribution in [0.25, 0.3) is 0 Å². The van der Waals surface area contributed by atoms with Crippen LogP contribution < -0.4 is 11.1 Å². The Balaban J connectivity index is 2.00. The quantitative estimate of drug-likeness (QED) is 0.762. The van der Waals surface area contributed by atoms with Gasteiger partial charge in [0, 0.05) is 18.8 Å². The third-order valence-corrected chi connectivity index (χ3v) is 3.23. The first-order valence-corrected chi connectivity index (χ1v) is 6.73. The van der Waals surface area contributed by atoms with Crippen molar-refractivity contribution in [1.82, 2.24) is 4.90 Å². The molecule has 0 aliphatic carbocycles. The van der Waals surface area contributed by atoms with Gasteiger partial charge in [0.15, 0.2) is 0 Å². The fraction of sp³-hybridized carbons (Fsp3) is 0.500. The van der Waals surface area contributed by atoms with Gasteiger partial charge in [-0.25, -0.2) is 4.79 Å². The Morgan fingerprint density at radius 3 is 3.05 bits per heavy atom. The van der Waals surface area contributed by atoms with E-state index in [1.807, 2.05) is 31.2 Å². The predicted octanol–water partition coefficient (Wildman–Crippen LogP) is 0.759. The van der Waals surface area contributed by atoms with Crippen LogP contribution in [0.15, 0.2) is 24.3 Å². The van der Waals surface area contributed by atoms with Crippen molar-refractivity contribution < 1.29 is 14.6 Å². The average Bonchev–Trinajstić information content (AvgIpc) is 2.46. The van der Waals surface area contributed by atoms with Crippen molar-refractivity contribution in [1.29, 1.82) is 0 Å². The van der Waals surface area contributed by atoms with Crippen LogP contribution in [0.1, 0.15) is 12.5 Å². The summed E-state index contributed by atoms with van der Waals surface area (Å²) in [7, 11) is 0. The monoisotopic (exact) mass is 279 g/mol. The van der Waals surface area contributed by atoms with Gasteiger partial charge in [-0.15, -0.1) is 0 Å². The minimum absolute atomic E-state index is 0.0815. The van der Waals surface area contributed by atoms with Crippen LogP contribution in [0.5, 0.6) is 0 Å². The van der Waals surface area contributed by atoms with Crippen molar-refractivity contribution in [2.45, 2.75) is 25.7 Å². The summed E-state index contributed by atoms with van der Waals surface area (Å²) in [6, 6.07) is 7.26. The van der Waals surface area contributed by atoms with E-state index >= 15 is 0 Å². The molecule has 1 aliphatic heterocycles. The Morgan fingerprint density at radius 1 is 1.55 bits per heavy atom. The van der Waals surface area contributed by atoms with Crippen LogP contribution >= 0.6 is 0 Å². The van der Waals surface area contributed by atoms with Gasteiger partial charge in [0.05, 0.1) is 25.4 Å². The fourth-order valence-electron chi connectivity index (χ4n) is 2.29. The van der Waals surface area contributed by atoms with Gasteiger partial charge in [0.1, 0.15) is 0 Å². The molecule has 0 aromatic heterocycles. The molecule has 6 heteroatoms. The number of nitrogens with one attached hydrogen (secondary N) is 1. The Bertz CT molecular complexity index is 467. The van der Waals surface area contributed by atoms with Crippen LogP contribution in [0, 0.1) is 0 Å². The number of amides is 2. The third-order valence-electron chi connectivity index (χ3n) is 3.23. The summed E-state index contributed by atoms with van der Waals surface area (Å²) >= 11 is 0. The highest BCUT2D eigenvalue weighted by Crippen LogP contribution is 2.14. The number of hydrogen-bond acceptors (Lipinski definition) is 4. The normalized spacial score (nSPS) is 22.6. The van der Waals surface area contributed by atoms with E-state index in [0.29, 0.717) is 19.6 Å².